The smallest absolute Gasteiger partial charge is 0.319 e. The van der Waals surface area contributed by atoms with Crippen molar-refractivity contribution in [2.45, 2.75) is 26.9 Å². The molecule has 0 fully saturated rings. The molecule has 1 aromatic heterocycles. The van der Waals surface area contributed by atoms with Crippen LogP contribution >= 0.6 is 0 Å². The fraction of sp³-hybridized carbons (Fsp3) is 0.190. The molecule has 1 heterocycles. The van der Waals surface area contributed by atoms with E-state index < -0.39 is 0 Å². The molecule has 26 heavy (non-hydrogen) atoms. The number of benzene rings is 2. The van der Waals surface area contributed by atoms with Crippen molar-refractivity contribution in [3.63, 3.8) is 0 Å². The number of nitrogens with one attached hydrogen (secondary N) is 2. The van der Waals surface area contributed by atoms with Gasteiger partial charge in [0.2, 0.25) is 0 Å². The molecular formula is C21H22FN3O. The van der Waals surface area contributed by atoms with E-state index >= 15 is 0 Å². The van der Waals surface area contributed by atoms with Gasteiger partial charge in [0, 0.05) is 23.1 Å². The normalized spacial score (nSPS) is 10.6. The highest BCUT2D eigenvalue weighted by atomic mass is 19.1. The van der Waals surface area contributed by atoms with Gasteiger partial charge < -0.3 is 15.2 Å². The Labute approximate surface area is 152 Å². The molecule has 0 spiro atoms. The predicted octanol–water partition coefficient (Wildman–Crippen LogP) is 4.61. The van der Waals surface area contributed by atoms with E-state index in [1.165, 1.54) is 6.07 Å². The number of halogens is 1. The molecule has 3 rings (SSSR count). The fourth-order valence-electron chi connectivity index (χ4n) is 2.80. The Balaban J connectivity index is 1.62. The molecular weight excluding hydrogens is 329 g/mol. The molecule has 0 atom stereocenters. The summed E-state index contributed by atoms with van der Waals surface area (Å²) < 4.78 is 15.8. The van der Waals surface area contributed by atoms with Crippen LogP contribution in [0.1, 0.15) is 22.4 Å². The van der Waals surface area contributed by atoms with Gasteiger partial charge >= 0.3 is 6.03 Å². The van der Waals surface area contributed by atoms with Crippen LogP contribution in [-0.4, -0.2) is 10.6 Å². The molecule has 2 amide bonds. The lowest BCUT2D eigenvalue weighted by Gasteiger charge is -2.13. The zero-order valence-corrected chi connectivity index (χ0v) is 14.9. The van der Waals surface area contributed by atoms with Gasteiger partial charge in [0.25, 0.3) is 0 Å². The maximum atomic E-state index is 13.8. The summed E-state index contributed by atoms with van der Waals surface area (Å²) >= 11 is 0. The second-order valence-electron chi connectivity index (χ2n) is 6.27. The lowest BCUT2D eigenvalue weighted by Crippen LogP contribution is -2.29. The fourth-order valence-corrected chi connectivity index (χ4v) is 2.80. The zero-order chi connectivity index (χ0) is 18.5. The molecule has 0 aliphatic heterocycles. The monoisotopic (exact) mass is 351 g/mol. The minimum atomic E-state index is -0.266. The Morgan fingerprint density at radius 1 is 1.04 bits per heavy atom. The number of aryl methyl sites for hydroxylation is 1. The van der Waals surface area contributed by atoms with E-state index in [-0.39, 0.29) is 11.8 Å². The predicted molar refractivity (Wildman–Crippen MR) is 102 cm³/mol. The molecule has 0 saturated heterocycles. The van der Waals surface area contributed by atoms with Crippen LogP contribution in [0.3, 0.4) is 0 Å². The molecule has 0 radical (unpaired) electrons. The first-order valence-corrected chi connectivity index (χ1v) is 8.53. The second-order valence-corrected chi connectivity index (χ2v) is 6.27. The van der Waals surface area contributed by atoms with Crippen LogP contribution in [0.15, 0.2) is 60.8 Å². The van der Waals surface area contributed by atoms with E-state index in [0.29, 0.717) is 18.7 Å². The van der Waals surface area contributed by atoms with Crippen LogP contribution in [0, 0.1) is 19.7 Å². The van der Waals surface area contributed by atoms with E-state index in [0.717, 1.165) is 22.5 Å². The van der Waals surface area contributed by atoms with Crippen molar-refractivity contribution in [1.29, 1.82) is 0 Å². The summed E-state index contributed by atoms with van der Waals surface area (Å²) in [5.41, 5.74) is 4.49. The van der Waals surface area contributed by atoms with Crippen molar-refractivity contribution >= 4 is 11.7 Å². The van der Waals surface area contributed by atoms with E-state index in [1.54, 1.807) is 12.1 Å². The second kappa shape index (κ2) is 7.87. The Bertz CT molecular complexity index is 917. The lowest BCUT2D eigenvalue weighted by atomic mass is 10.1. The van der Waals surface area contributed by atoms with Crippen molar-refractivity contribution in [2.24, 2.45) is 0 Å². The topological polar surface area (TPSA) is 46.1 Å². The highest BCUT2D eigenvalue weighted by molar-refractivity contribution is 5.90. The molecule has 5 heteroatoms. The summed E-state index contributed by atoms with van der Waals surface area (Å²) in [6.45, 7) is 4.77. The summed E-state index contributed by atoms with van der Waals surface area (Å²) in [6.07, 6.45) is 1.88. The van der Waals surface area contributed by atoms with E-state index in [1.807, 2.05) is 61.0 Å². The SMILES string of the molecule is Cc1cccc(NC(=O)NCc2cccn2Cc2ccccc2F)c1C. The number of carbonyl (C=O) groups excluding carboxylic acids is 1. The number of hydrogen-bond donors (Lipinski definition) is 2. The summed E-state index contributed by atoms with van der Waals surface area (Å²) in [5, 5.41) is 5.73. The van der Waals surface area contributed by atoms with Gasteiger partial charge in [-0.05, 0) is 49.2 Å². The molecule has 2 aromatic carbocycles. The Morgan fingerprint density at radius 3 is 2.65 bits per heavy atom. The number of rotatable bonds is 5. The van der Waals surface area contributed by atoms with E-state index in [4.69, 9.17) is 0 Å². The third-order valence-corrected chi connectivity index (χ3v) is 4.50. The number of carbonyl (C=O) groups is 1. The zero-order valence-electron chi connectivity index (χ0n) is 14.9. The third kappa shape index (κ3) is 4.11. The van der Waals surface area contributed by atoms with Gasteiger partial charge in [-0.3, -0.25) is 0 Å². The maximum Gasteiger partial charge on any atom is 0.319 e. The molecule has 0 unspecified atom stereocenters. The summed E-state index contributed by atoms with van der Waals surface area (Å²) in [6, 6.07) is 16.0. The van der Waals surface area contributed by atoms with Crippen LogP contribution < -0.4 is 10.6 Å². The quantitative estimate of drug-likeness (QED) is 0.692. The first-order valence-electron chi connectivity index (χ1n) is 8.53. The summed E-state index contributed by atoms with van der Waals surface area (Å²) in [7, 11) is 0. The van der Waals surface area contributed by atoms with Crippen LogP contribution in [0.2, 0.25) is 0 Å². The maximum absolute atomic E-state index is 13.8. The van der Waals surface area contributed by atoms with Crippen molar-refractivity contribution in [3.05, 3.63) is 89.0 Å². The first-order chi connectivity index (χ1) is 12.5. The molecule has 0 aliphatic carbocycles. The van der Waals surface area contributed by atoms with Crippen LogP contribution in [0.4, 0.5) is 14.9 Å². The molecule has 3 aromatic rings. The lowest BCUT2D eigenvalue weighted by molar-refractivity contribution is 0.251. The van der Waals surface area contributed by atoms with Gasteiger partial charge in [-0.2, -0.15) is 0 Å². The van der Waals surface area contributed by atoms with Crippen LogP contribution in [0.5, 0.6) is 0 Å². The summed E-state index contributed by atoms with van der Waals surface area (Å²) in [5.74, 6) is -0.229. The third-order valence-electron chi connectivity index (χ3n) is 4.50. The minimum Gasteiger partial charge on any atom is -0.345 e. The van der Waals surface area contributed by atoms with Gasteiger partial charge in [-0.1, -0.05) is 30.3 Å². The van der Waals surface area contributed by atoms with E-state index in [9.17, 15) is 9.18 Å². The van der Waals surface area contributed by atoms with Crippen molar-refractivity contribution in [2.75, 3.05) is 5.32 Å². The first kappa shape index (κ1) is 17.7. The minimum absolute atomic E-state index is 0.229. The molecule has 134 valence electrons. The van der Waals surface area contributed by atoms with Crippen LogP contribution in [-0.2, 0) is 13.1 Å². The van der Waals surface area contributed by atoms with Gasteiger partial charge in [-0.15, -0.1) is 0 Å². The van der Waals surface area contributed by atoms with Crippen molar-refractivity contribution < 1.29 is 9.18 Å². The molecule has 0 saturated carbocycles. The number of aromatic nitrogens is 1. The standard InChI is InChI=1S/C21H22FN3O/c1-15-7-5-11-20(16(15)2)24-21(26)23-13-18-9-6-12-25(18)14-17-8-3-4-10-19(17)22/h3-12H,13-14H2,1-2H3,(H2,23,24,26). The Morgan fingerprint density at radius 2 is 1.85 bits per heavy atom. The Kier molecular flexibility index (Phi) is 5.37. The molecule has 2 N–H and O–H groups in total. The number of anilines is 1. The van der Waals surface area contributed by atoms with E-state index in [2.05, 4.69) is 10.6 Å². The number of hydrogen-bond acceptors (Lipinski definition) is 1. The largest absolute Gasteiger partial charge is 0.345 e. The summed E-state index contributed by atoms with van der Waals surface area (Å²) in [4.78, 5) is 12.2. The van der Waals surface area contributed by atoms with Crippen LogP contribution in [0.25, 0.3) is 0 Å². The number of amides is 2. The number of urea groups is 1. The molecule has 0 bridgehead atoms. The molecule has 0 aliphatic rings. The molecule has 4 nitrogen and oxygen atoms in total. The average molecular weight is 351 g/mol. The van der Waals surface area contributed by atoms with Crippen molar-refractivity contribution in [1.82, 2.24) is 9.88 Å². The average Bonchev–Trinajstić information content (AvgIpc) is 3.06. The highest BCUT2D eigenvalue weighted by Crippen LogP contribution is 2.17. The van der Waals surface area contributed by atoms with Gasteiger partial charge in [0.15, 0.2) is 0 Å². The van der Waals surface area contributed by atoms with Gasteiger partial charge in [-0.25, -0.2) is 9.18 Å². The van der Waals surface area contributed by atoms with Gasteiger partial charge in [0.1, 0.15) is 5.82 Å². The van der Waals surface area contributed by atoms with Gasteiger partial charge in [0.05, 0.1) is 13.1 Å². The highest BCUT2D eigenvalue weighted by Gasteiger charge is 2.08. The number of nitrogens with zero attached hydrogens (tertiary/aromatic N) is 1. The Hall–Kier alpha value is -3.08. The van der Waals surface area contributed by atoms with Crippen molar-refractivity contribution in [3.8, 4) is 0 Å².